The van der Waals surface area contributed by atoms with E-state index in [1.54, 1.807) is 10.9 Å². The molecule has 0 unspecified atom stereocenters. The van der Waals surface area contributed by atoms with E-state index in [0.717, 1.165) is 31.7 Å². The maximum atomic E-state index is 12.7. The smallest absolute Gasteiger partial charge is 0.247 e. The second-order valence-electron chi connectivity index (χ2n) is 5.99. The van der Waals surface area contributed by atoms with Gasteiger partial charge in [0, 0.05) is 44.3 Å². The Bertz CT molecular complexity index is 717. The van der Waals surface area contributed by atoms with Gasteiger partial charge in [0.25, 0.3) is 0 Å². The molecule has 0 aliphatic carbocycles. The van der Waals surface area contributed by atoms with E-state index in [0.29, 0.717) is 12.1 Å². The fourth-order valence-electron chi connectivity index (χ4n) is 3.03. The summed E-state index contributed by atoms with van der Waals surface area (Å²) >= 11 is 0. The van der Waals surface area contributed by atoms with Crippen LogP contribution in [0.5, 0.6) is 0 Å². The van der Waals surface area contributed by atoms with E-state index in [2.05, 4.69) is 16.1 Å². The lowest BCUT2D eigenvalue weighted by Crippen LogP contribution is -2.39. The molecule has 0 saturated carbocycles. The van der Waals surface area contributed by atoms with Gasteiger partial charge in [-0.05, 0) is 43.7 Å². The van der Waals surface area contributed by atoms with Gasteiger partial charge in [0.05, 0.1) is 11.6 Å². The molecule has 24 heavy (non-hydrogen) atoms. The number of carbonyl (C=O) groups excluding carboxylic acids is 1. The molecule has 3 rings (SSSR count). The molecule has 2 aromatic rings. The number of amides is 1. The molecular formula is C18H21N5O. The predicted molar refractivity (Wildman–Crippen MR) is 91.5 cm³/mol. The highest BCUT2D eigenvalue weighted by atomic mass is 16.2. The van der Waals surface area contributed by atoms with Crippen molar-refractivity contribution in [3.63, 3.8) is 0 Å². The summed E-state index contributed by atoms with van der Waals surface area (Å²) in [6.45, 7) is 5.05. The number of rotatable bonds is 3. The lowest BCUT2D eigenvalue weighted by molar-refractivity contribution is -0.134. The van der Waals surface area contributed by atoms with Crippen LogP contribution >= 0.6 is 0 Å². The van der Waals surface area contributed by atoms with Crippen molar-refractivity contribution in [2.24, 2.45) is 0 Å². The first kappa shape index (κ1) is 16.1. The maximum Gasteiger partial charge on any atom is 0.247 e. The summed E-state index contributed by atoms with van der Waals surface area (Å²) in [6, 6.07) is 11.3. The van der Waals surface area contributed by atoms with Crippen LogP contribution in [0.4, 0.5) is 5.69 Å². The standard InChI is InChI=1S/C18H21N5O/c1-15(23-11-2-8-20-23)18(24)22-10-3-9-21(12-13-22)17-6-4-16(14-19)5-7-17/h2,4-8,11,15H,3,9-10,12-13H2,1H3/t15-/m0/s1. The zero-order chi connectivity index (χ0) is 16.9. The van der Waals surface area contributed by atoms with Gasteiger partial charge in [0.1, 0.15) is 6.04 Å². The Balaban J connectivity index is 1.64. The molecule has 1 aromatic carbocycles. The molecule has 1 amide bonds. The van der Waals surface area contributed by atoms with E-state index in [4.69, 9.17) is 5.26 Å². The number of anilines is 1. The van der Waals surface area contributed by atoms with E-state index < -0.39 is 0 Å². The fraction of sp³-hybridized carbons (Fsp3) is 0.389. The van der Waals surface area contributed by atoms with Crippen molar-refractivity contribution in [3.05, 3.63) is 48.3 Å². The normalized spacial score (nSPS) is 16.3. The fourth-order valence-corrected chi connectivity index (χ4v) is 3.03. The Kier molecular flexibility index (Phi) is 4.80. The summed E-state index contributed by atoms with van der Waals surface area (Å²) in [7, 11) is 0. The summed E-state index contributed by atoms with van der Waals surface area (Å²) < 4.78 is 1.70. The number of hydrogen-bond donors (Lipinski definition) is 0. The van der Waals surface area contributed by atoms with Crippen LogP contribution in [0.25, 0.3) is 0 Å². The van der Waals surface area contributed by atoms with Crippen molar-refractivity contribution in [2.75, 3.05) is 31.1 Å². The zero-order valence-corrected chi connectivity index (χ0v) is 13.8. The Morgan fingerprint density at radius 2 is 2.00 bits per heavy atom. The number of nitrogens with zero attached hydrogens (tertiary/aromatic N) is 5. The molecule has 0 spiro atoms. The number of aromatic nitrogens is 2. The van der Waals surface area contributed by atoms with Crippen molar-refractivity contribution in [3.8, 4) is 6.07 Å². The van der Waals surface area contributed by atoms with Crippen LogP contribution in [-0.2, 0) is 4.79 Å². The van der Waals surface area contributed by atoms with Crippen LogP contribution in [-0.4, -0.2) is 46.8 Å². The van der Waals surface area contributed by atoms with E-state index in [1.165, 1.54) is 0 Å². The molecule has 6 heteroatoms. The summed E-state index contributed by atoms with van der Waals surface area (Å²) in [5.74, 6) is 0.111. The average molecular weight is 323 g/mol. The summed E-state index contributed by atoms with van der Waals surface area (Å²) in [5.41, 5.74) is 1.77. The summed E-state index contributed by atoms with van der Waals surface area (Å²) in [4.78, 5) is 16.9. The first-order chi connectivity index (χ1) is 11.7. The molecule has 124 valence electrons. The van der Waals surface area contributed by atoms with Crippen molar-refractivity contribution < 1.29 is 4.79 Å². The van der Waals surface area contributed by atoms with E-state index >= 15 is 0 Å². The zero-order valence-electron chi connectivity index (χ0n) is 13.8. The highest BCUT2D eigenvalue weighted by Crippen LogP contribution is 2.18. The quantitative estimate of drug-likeness (QED) is 0.867. The lowest BCUT2D eigenvalue weighted by Gasteiger charge is -2.25. The van der Waals surface area contributed by atoms with E-state index in [1.807, 2.05) is 48.4 Å². The molecular weight excluding hydrogens is 302 g/mol. The van der Waals surface area contributed by atoms with Gasteiger partial charge in [-0.2, -0.15) is 10.4 Å². The topological polar surface area (TPSA) is 65.2 Å². The molecule has 0 radical (unpaired) electrons. The van der Waals surface area contributed by atoms with Gasteiger partial charge in [0.15, 0.2) is 0 Å². The van der Waals surface area contributed by atoms with Crippen LogP contribution in [0.1, 0.15) is 24.9 Å². The minimum atomic E-state index is -0.276. The SMILES string of the molecule is C[C@@H](C(=O)N1CCCN(c2ccc(C#N)cc2)CC1)n1cccn1. The van der Waals surface area contributed by atoms with Crippen LogP contribution in [0, 0.1) is 11.3 Å². The molecule has 0 N–H and O–H groups in total. The largest absolute Gasteiger partial charge is 0.370 e. The molecule has 6 nitrogen and oxygen atoms in total. The maximum absolute atomic E-state index is 12.7. The third-order valence-electron chi connectivity index (χ3n) is 4.45. The number of carbonyl (C=O) groups is 1. The van der Waals surface area contributed by atoms with Crippen molar-refractivity contribution in [1.82, 2.24) is 14.7 Å². The van der Waals surface area contributed by atoms with Crippen molar-refractivity contribution >= 4 is 11.6 Å². The Morgan fingerprint density at radius 3 is 2.67 bits per heavy atom. The third kappa shape index (κ3) is 3.40. The van der Waals surface area contributed by atoms with Gasteiger partial charge >= 0.3 is 0 Å². The minimum Gasteiger partial charge on any atom is -0.370 e. The van der Waals surface area contributed by atoms with Crippen LogP contribution < -0.4 is 4.90 Å². The van der Waals surface area contributed by atoms with Crippen LogP contribution in [0.15, 0.2) is 42.7 Å². The molecule has 1 aromatic heterocycles. The Hall–Kier alpha value is -2.81. The number of benzene rings is 1. The minimum absolute atomic E-state index is 0.111. The summed E-state index contributed by atoms with van der Waals surface area (Å²) in [6.07, 6.45) is 4.44. The highest BCUT2D eigenvalue weighted by molar-refractivity contribution is 5.80. The van der Waals surface area contributed by atoms with Gasteiger partial charge < -0.3 is 9.80 Å². The number of hydrogen-bond acceptors (Lipinski definition) is 4. The predicted octanol–water partition coefficient (Wildman–Crippen LogP) is 2.05. The van der Waals surface area contributed by atoms with E-state index in [9.17, 15) is 4.79 Å². The molecule has 1 atom stereocenters. The third-order valence-corrected chi connectivity index (χ3v) is 4.45. The van der Waals surface area contributed by atoms with Crippen molar-refractivity contribution in [1.29, 1.82) is 5.26 Å². The second kappa shape index (κ2) is 7.18. The second-order valence-corrected chi connectivity index (χ2v) is 5.99. The van der Waals surface area contributed by atoms with Crippen LogP contribution in [0.3, 0.4) is 0 Å². The molecule has 1 aliphatic rings. The molecule has 0 bridgehead atoms. The molecule has 1 saturated heterocycles. The first-order valence-corrected chi connectivity index (χ1v) is 8.22. The van der Waals surface area contributed by atoms with E-state index in [-0.39, 0.29) is 11.9 Å². The van der Waals surface area contributed by atoms with Gasteiger partial charge in [-0.15, -0.1) is 0 Å². The van der Waals surface area contributed by atoms with Gasteiger partial charge in [-0.1, -0.05) is 0 Å². The Morgan fingerprint density at radius 1 is 1.21 bits per heavy atom. The molecule has 1 aliphatic heterocycles. The van der Waals surface area contributed by atoms with Gasteiger partial charge in [-0.3, -0.25) is 9.48 Å². The highest BCUT2D eigenvalue weighted by Gasteiger charge is 2.24. The average Bonchev–Trinajstić information content (AvgIpc) is 3.05. The summed E-state index contributed by atoms with van der Waals surface area (Å²) in [5, 5.41) is 13.1. The lowest BCUT2D eigenvalue weighted by atomic mass is 10.2. The van der Waals surface area contributed by atoms with Crippen molar-refractivity contribution in [2.45, 2.75) is 19.4 Å². The first-order valence-electron chi connectivity index (χ1n) is 8.22. The van der Waals surface area contributed by atoms with Gasteiger partial charge in [0.2, 0.25) is 5.91 Å². The van der Waals surface area contributed by atoms with Crippen LogP contribution in [0.2, 0.25) is 0 Å². The Labute approximate surface area is 141 Å². The molecule has 2 heterocycles. The monoisotopic (exact) mass is 323 g/mol. The molecule has 1 fully saturated rings. The number of nitriles is 1. The van der Waals surface area contributed by atoms with Gasteiger partial charge in [-0.25, -0.2) is 0 Å².